The highest BCUT2D eigenvalue weighted by molar-refractivity contribution is 5.94. The molecule has 0 saturated heterocycles. The van der Waals surface area contributed by atoms with Gasteiger partial charge < -0.3 is 21.3 Å². The number of amides is 1. The number of nitrogens with one attached hydrogen (secondary N) is 2. The third-order valence-electron chi connectivity index (χ3n) is 4.10. The van der Waals surface area contributed by atoms with E-state index in [1.165, 1.54) is 5.56 Å². The van der Waals surface area contributed by atoms with Gasteiger partial charge in [0.15, 0.2) is 5.96 Å². The molecule has 27 heavy (non-hydrogen) atoms. The van der Waals surface area contributed by atoms with E-state index in [4.69, 9.17) is 5.73 Å². The molecular formula is C21H29N5O. The highest BCUT2D eigenvalue weighted by Gasteiger charge is 2.06. The first-order chi connectivity index (χ1) is 13.0. The van der Waals surface area contributed by atoms with Crippen molar-refractivity contribution in [1.29, 1.82) is 0 Å². The molecule has 2 aromatic rings. The molecule has 0 atom stereocenters. The molecule has 144 valence electrons. The monoisotopic (exact) mass is 367 g/mol. The minimum absolute atomic E-state index is 0.0789. The molecule has 0 heterocycles. The first-order valence-corrected chi connectivity index (χ1v) is 9.15. The molecular weight excluding hydrogens is 338 g/mol. The van der Waals surface area contributed by atoms with Crippen LogP contribution in [0.2, 0.25) is 0 Å². The third-order valence-corrected chi connectivity index (χ3v) is 4.10. The molecule has 0 unspecified atom stereocenters. The Bertz CT molecular complexity index is 768. The van der Waals surface area contributed by atoms with Crippen molar-refractivity contribution in [3.05, 3.63) is 65.2 Å². The van der Waals surface area contributed by atoms with E-state index in [0.29, 0.717) is 24.6 Å². The van der Waals surface area contributed by atoms with Crippen LogP contribution >= 0.6 is 0 Å². The zero-order valence-electron chi connectivity index (χ0n) is 16.3. The number of likely N-dealkylation sites (N-methyl/N-ethyl adjacent to an activating group) is 1. The maximum atomic E-state index is 12.2. The van der Waals surface area contributed by atoms with E-state index in [1.807, 2.05) is 49.3 Å². The molecule has 2 aromatic carbocycles. The number of aliphatic imine (C=N–C) groups is 1. The molecule has 0 radical (unpaired) electrons. The predicted molar refractivity (Wildman–Crippen MR) is 112 cm³/mol. The number of guanidine groups is 1. The number of nitrogens with zero attached hydrogens (tertiary/aromatic N) is 2. The smallest absolute Gasteiger partial charge is 0.251 e. The normalized spacial score (nSPS) is 11.5. The summed E-state index contributed by atoms with van der Waals surface area (Å²) in [5.41, 5.74) is 9.71. The van der Waals surface area contributed by atoms with Crippen molar-refractivity contribution in [2.75, 3.05) is 32.5 Å². The number of anilines is 1. The van der Waals surface area contributed by atoms with Crippen molar-refractivity contribution in [3.63, 3.8) is 0 Å². The van der Waals surface area contributed by atoms with Gasteiger partial charge in [0.2, 0.25) is 0 Å². The molecule has 6 nitrogen and oxygen atoms in total. The van der Waals surface area contributed by atoms with Gasteiger partial charge in [-0.05, 0) is 55.9 Å². The molecule has 0 spiro atoms. The Kier molecular flexibility index (Phi) is 7.82. The Balaban J connectivity index is 1.92. The van der Waals surface area contributed by atoms with Gasteiger partial charge >= 0.3 is 0 Å². The molecule has 4 N–H and O–H groups in total. The molecule has 0 aromatic heterocycles. The fourth-order valence-electron chi connectivity index (χ4n) is 2.49. The van der Waals surface area contributed by atoms with Crippen LogP contribution in [0.15, 0.2) is 53.5 Å². The summed E-state index contributed by atoms with van der Waals surface area (Å²) >= 11 is 0. The number of rotatable bonds is 8. The second-order valence-electron chi connectivity index (χ2n) is 6.64. The molecule has 0 bridgehead atoms. The van der Waals surface area contributed by atoms with Crippen LogP contribution in [0.3, 0.4) is 0 Å². The number of nitrogens with two attached hydrogens (primary N) is 1. The van der Waals surface area contributed by atoms with Gasteiger partial charge in [-0.1, -0.05) is 31.2 Å². The zero-order valence-corrected chi connectivity index (χ0v) is 16.3. The van der Waals surface area contributed by atoms with E-state index in [9.17, 15) is 4.79 Å². The second-order valence-corrected chi connectivity index (χ2v) is 6.64. The van der Waals surface area contributed by atoms with E-state index < -0.39 is 0 Å². The molecule has 0 saturated carbocycles. The van der Waals surface area contributed by atoms with Crippen LogP contribution in [-0.4, -0.2) is 44.0 Å². The van der Waals surface area contributed by atoms with Crippen molar-refractivity contribution in [1.82, 2.24) is 10.2 Å². The summed E-state index contributed by atoms with van der Waals surface area (Å²) in [5, 5.41) is 5.99. The minimum atomic E-state index is -0.0789. The molecule has 6 heteroatoms. The van der Waals surface area contributed by atoms with E-state index in [2.05, 4.69) is 34.7 Å². The summed E-state index contributed by atoms with van der Waals surface area (Å²) in [6.07, 6.45) is 1.00. The first-order valence-electron chi connectivity index (χ1n) is 9.15. The van der Waals surface area contributed by atoms with Gasteiger partial charge in [-0.15, -0.1) is 0 Å². The second kappa shape index (κ2) is 10.3. The van der Waals surface area contributed by atoms with Crippen LogP contribution in [0.4, 0.5) is 5.69 Å². The van der Waals surface area contributed by atoms with Crippen molar-refractivity contribution in [3.8, 4) is 0 Å². The van der Waals surface area contributed by atoms with E-state index in [-0.39, 0.29) is 5.91 Å². The van der Waals surface area contributed by atoms with Crippen LogP contribution in [0, 0.1) is 0 Å². The van der Waals surface area contributed by atoms with Crippen molar-refractivity contribution < 1.29 is 4.79 Å². The first kappa shape index (κ1) is 20.5. The third kappa shape index (κ3) is 7.11. The number of hydrogen-bond acceptors (Lipinski definition) is 3. The lowest BCUT2D eigenvalue weighted by atomic mass is 10.1. The number of carbonyl (C=O) groups is 1. The summed E-state index contributed by atoms with van der Waals surface area (Å²) in [7, 11) is 3.95. The molecule has 0 aliphatic rings. The van der Waals surface area contributed by atoms with Gasteiger partial charge in [-0.25, -0.2) is 4.99 Å². The van der Waals surface area contributed by atoms with Crippen LogP contribution < -0.4 is 16.4 Å². The SMILES string of the molecule is CCc1ccc(NC(N)=NCc2cccc(C(=O)NCCN(C)C)c2)cc1. The van der Waals surface area contributed by atoms with Gasteiger partial charge in [0.25, 0.3) is 5.91 Å². The van der Waals surface area contributed by atoms with Gasteiger partial charge in [-0.2, -0.15) is 0 Å². The summed E-state index contributed by atoms with van der Waals surface area (Å²) in [4.78, 5) is 18.6. The van der Waals surface area contributed by atoms with E-state index in [1.54, 1.807) is 6.07 Å². The van der Waals surface area contributed by atoms with Crippen LogP contribution in [-0.2, 0) is 13.0 Å². The summed E-state index contributed by atoms with van der Waals surface area (Å²) in [6.45, 7) is 3.94. The average Bonchev–Trinajstić information content (AvgIpc) is 2.67. The lowest BCUT2D eigenvalue weighted by molar-refractivity contribution is 0.0951. The fraction of sp³-hybridized carbons (Fsp3) is 0.333. The average molecular weight is 367 g/mol. The number of hydrogen-bond donors (Lipinski definition) is 3. The van der Waals surface area contributed by atoms with Gasteiger partial charge in [0.05, 0.1) is 6.54 Å². The minimum Gasteiger partial charge on any atom is -0.370 e. The molecule has 1 amide bonds. The Morgan fingerprint density at radius 1 is 1.11 bits per heavy atom. The zero-order chi connectivity index (χ0) is 19.6. The molecule has 0 aliphatic carbocycles. The highest BCUT2D eigenvalue weighted by Crippen LogP contribution is 2.10. The van der Waals surface area contributed by atoms with Crippen molar-refractivity contribution in [2.45, 2.75) is 19.9 Å². The maximum absolute atomic E-state index is 12.2. The van der Waals surface area contributed by atoms with Crippen LogP contribution in [0.1, 0.15) is 28.4 Å². The Morgan fingerprint density at radius 3 is 2.52 bits per heavy atom. The topological polar surface area (TPSA) is 82.7 Å². The van der Waals surface area contributed by atoms with Crippen LogP contribution in [0.5, 0.6) is 0 Å². The molecule has 0 aliphatic heterocycles. The number of carbonyl (C=O) groups excluding carboxylic acids is 1. The lowest BCUT2D eigenvalue weighted by Gasteiger charge is -2.11. The van der Waals surface area contributed by atoms with Gasteiger partial charge in [-0.3, -0.25) is 4.79 Å². The molecule has 2 rings (SSSR count). The predicted octanol–water partition coefficient (Wildman–Crippen LogP) is 2.47. The summed E-state index contributed by atoms with van der Waals surface area (Å²) in [6, 6.07) is 15.5. The standard InChI is InChI=1S/C21H29N5O/c1-4-16-8-10-19(11-9-16)25-21(22)24-15-17-6-5-7-18(14-17)20(27)23-12-13-26(2)3/h5-11,14H,4,12-13,15H2,1-3H3,(H,23,27)(H3,22,24,25). The summed E-state index contributed by atoms with van der Waals surface area (Å²) in [5.74, 6) is 0.268. The quantitative estimate of drug-likeness (QED) is 0.494. The number of aryl methyl sites for hydroxylation is 1. The van der Waals surface area contributed by atoms with Gasteiger partial charge in [0, 0.05) is 24.3 Å². The van der Waals surface area contributed by atoms with E-state index in [0.717, 1.165) is 24.2 Å². The molecule has 0 fully saturated rings. The largest absolute Gasteiger partial charge is 0.370 e. The van der Waals surface area contributed by atoms with E-state index >= 15 is 0 Å². The highest BCUT2D eigenvalue weighted by atomic mass is 16.1. The number of benzene rings is 2. The van der Waals surface area contributed by atoms with Gasteiger partial charge in [0.1, 0.15) is 0 Å². The Hall–Kier alpha value is -2.86. The van der Waals surface area contributed by atoms with Crippen molar-refractivity contribution >= 4 is 17.6 Å². The maximum Gasteiger partial charge on any atom is 0.251 e. The fourth-order valence-corrected chi connectivity index (χ4v) is 2.49. The lowest BCUT2D eigenvalue weighted by Crippen LogP contribution is -2.31. The Labute approximate surface area is 161 Å². The van der Waals surface area contributed by atoms with Crippen LogP contribution in [0.25, 0.3) is 0 Å². The van der Waals surface area contributed by atoms with Crippen molar-refractivity contribution in [2.24, 2.45) is 10.7 Å². The summed E-state index contributed by atoms with van der Waals surface area (Å²) < 4.78 is 0. The Morgan fingerprint density at radius 2 is 1.85 bits per heavy atom.